The van der Waals surface area contributed by atoms with Crippen molar-refractivity contribution in [2.24, 2.45) is 0 Å². The standard InChI is InChI=1S/C24H17NO5/c26-19-4-2-1-3-17(19)23(29)18-11-8-15-7-10-16(25-22(15)24(18)30)9-5-14-6-12-20(27)21(28)13-14/h1-13,26-28,30H/b9-5+. The summed E-state index contributed by atoms with van der Waals surface area (Å²) in [6, 6.07) is 17.3. The van der Waals surface area contributed by atoms with Crippen LogP contribution in [0.5, 0.6) is 23.0 Å². The second kappa shape index (κ2) is 7.60. The van der Waals surface area contributed by atoms with E-state index in [0.717, 1.165) is 0 Å². The van der Waals surface area contributed by atoms with Crippen LogP contribution >= 0.6 is 0 Å². The number of rotatable bonds is 4. The highest BCUT2D eigenvalue weighted by molar-refractivity contribution is 6.14. The number of benzene rings is 3. The number of fused-ring (bicyclic) bond motifs is 1. The first-order chi connectivity index (χ1) is 14.4. The minimum Gasteiger partial charge on any atom is -0.507 e. The third-order valence-corrected chi connectivity index (χ3v) is 4.70. The van der Waals surface area contributed by atoms with Gasteiger partial charge in [-0.05, 0) is 48.0 Å². The van der Waals surface area contributed by atoms with Crippen LogP contribution in [-0.2, 0) is 0 Å². The average molecular weight is 399 g/mol. The van der Waals surface area contributed by atoms with Crippen molar-refractivity contribution in [3.8, 4) is 23.0 Å². The highest BCUT2D eigenvalue weighted by Crippen LogP contribution is 2.31. The maximum absolute atomic E-state index is 12.8. The molecule has 0 radical (unpaired) electrons. The molecule has 0 bridgehead atoms. The third kappa shape index (κ3) is 3.54. The summed E-state index contributed by atoms with van der Waals surface area (Å²) in [4.78, 5) is 17.2. The second-order valence-electron chi connectivity index (χ2n) is 6.70. The lowest BCUT2D eigenvalue weighted by Crippen LogP contribution is -2.02. The fraction of sp³-hybridized carbons (Fsp3) is 0. The van der Waals surface area contributed by atoms with Gasteiger partial charge in [0.05, 0.1) is 16.8 Å². The van der Waals surface area contributed by atoms with Gasteiger partial charge in [0, 0.05) is 5.39 Å². The number of para-hydroxylation sites is 1. The molecule has 1 aromatic heterocycles. The van der Waals surface area contributed by atoms with Gasteiger partial charge in [0.2, 0.25) is 5.78 Å². The number of hydrogen-bond acceptors (Lipinski definition) is 6. The molecule has 0 amide bonds. The van der Waals surface area contributed by atoms with Crippen LogP contribution in [0.4, 0.5) is 0 Å². The maximum atomic E-state index is 12.8. The zero-order valence-electron chi connectivity index (χ0n) is 15.6. The van der Waals surface area contributed by atoms with Crippen LogP contribution in [0.2, 0.25) is 0 Å². The molecule has 0 aliphatic rings. The van der Waals surface area contributed by atoms with Gasteiger partial charge in [0.15, 0.2) is 17.2 Å². The largest absolute Gasteiger partial charge is 0.507 e. The first kappa shape index (κ1) is 19.0. The van der Waals surface area contributed by atoms with E-state index >= 15 is 0 Å². The van der Waals surface area contributed by atoms with Gasteiger partial charge < -0.3 is 20.4 Å². The third-order valence-electron chi connectivity index (χ3n) is 4.70. The number of ketones is 1. The molecule has 4 rings (SSSR count). The monoisotopic (exact) mass is 399 g/mol. The van der Waals surface area contributed by atoms with Crippen LogP contribution in [0.1, 0.15) is 27.2 Å². The van der Waals surface area contributed by atoms with Gasteiger partial charge in [0.1, 0.15) is 11.3 Å². The van der Waals surface area contributed by atoms with Crippen molar-refractivity contribution in [2.45, 2.75) is 0 Å². The first-order valence-corrected chi connectivity index (χ1v) is 9.09. The van der Waals surface area contributed by atoms with E-state index in [1.54, 1.807) is 48.6 Å². The maximum Gasteiger partial charge on any atom is 0.200 e. The van der Waals surface area contributed by atoms with Crippen LogP contribution in [0, 0.1) is 0 Å². The molecule has 4 aromatic rings. The fourth-order valence-electron chi connectivity index (χ4n) is 3.10. The Kier molecular flexibility index (Phi) is 4.82. The Hall–Kier alpha value is -4.32. The number of hydrogen-bond donors (Lipinski definition) is 4. The van der Waals surface area contributed by atoms with Crippen molar-refractivity contribution in [3.05, 3.63) is 89.1 Å². The normalized spacial score (nSPS) is 11.2. The van der Waals surface area contributed by atoms with Gasteiger partial charge in [-0.3, -0.25) is 4.79 Å². The van der Waals surface area contributed by atoms with E-state index in [9.17, 15) is 25.2 Å². The zero-order valence-corrected chi connectivity index (χ0v) is 15.6. The molecule has 148 valence electrons. The van der Waals surface area contributed by atoms with Crippen molar-refractivity contribution in [3.63, 3.8) is 0 Å². The van der Waals surface area contributed by atoms with Gasteiger partial charge in [-0.2, -0.15) is 0 Å². The Bertz CT molecular complexity index is 1310. The number of pyridine rings is 1. The quantitative estimate of drug-likeness (QED) is 0.298. The molecule has 30 heavy (non-hydrogen) atoms. The van der Waals surface area contributed by atoms with E-state index in [2.05, 4.69) is 4.98 Å². The molecule has 0 saturated carbocycles. The predicted octanol–water partition coefficient (Wildman–Crippen LogP) is 4.46. The van der Waals surface area contributed by atoms with Gasteiger partial charge >= 0.3 is 0 Å². The number of aromatic hydroxyl groups is 4. The Balaban J connectivity index is 1.72. The van der Waals surface area contributed by atoms with Crippen LogP contribution in [0.25, 0.3) is 23.1 Å². The lowest BCUT2D eigenvalue weighted by molar-refractivity contribution is 0.103. The number of carbonyl (C=O) groups excluding carboxylic acids is 1. The molecule has 0 fully saturated rings. The van der Waals surface area contributed by atoms with E-state index in [1.165, 1.54) is 30.3 Å². The zero-order chi connectivity index (χ0) is 21.3. The van der Waals surface area contributed by atoms with Crippen molar-refractivity contribution < 1.29 is 25.2 Å². The molecule has 0 aliphatic carbocycles. The summed E-state index contributed by atoms with van der Waals surface area (Å²) < 4.78 is 0. The molecule has 1 heterocycles. The summed E-state index contributed by atoms with van der Waals surface area (Å²) in [5.74, 6) is -1.37. The summed E-state index contributed by atoms with van der Waals surface area (Å²) in [5, 5.41) is 40.3. The number of phenolic OH excluding ortho intramolecular Hbond substituents is 4. The molecule has 0 aliphatic heterocycles. The van der Waals surface area contributed by atoms with Crippen LogP contribution in [-0.4, -0.2) is 31.2 Å². The number of carbonyl (C=O) groups is 1. The van der Waals surface area contributed by atoms with E-state index in [-0.39, 0.29) is 39.6 Å². The van der Waals surface area contributed by atoms with Gasteiger partial charge in [-0.15, -0.1) is 0 Å². The highest BCUT2D eigenvalue weighted by Gasteiger charge is 2.19. The molecule has 6 nitrogen and oxygen atoms in total. The van der Waals surface area contributed by atoms with Gasteiger partial charge in [-0.25, -0.2) is 4.98 Å². The smallest absolute Gasteiger partial charge is 0.200 e. The topological polar surface area (TPSA) is 111 Å². The van der Waals surface area contributed by atoms with Crippen LogP contribution in [0.15, 0.2) is 66.7 Å². The summed E-state index contributed by atoms with van der Waals surface area (Å²) in [6.45, 7) is 0. The summed E-state index contributed by atoms with van der Waals surface area (Å²) in [7, 11) is 0. The molecule has 6 heteroatoms. The molecular formula is C24H17NO5. The summed E-state index contributed by atoms with van der Waals surface area (Å²) in [5.41, 5.74) is 1.57. The molecule has 0 spiro atoms. The SMILES string of the molecule is O=C(c1ccccc1O)c1ccc2ccc(/C=C/c3ccc(O)c(O)c3)nc2c1O. The van der Waals surface area contributed by atoms with E-state index in [1.807, 2.05) is 0 Å². The molecule has 3 aromatic carbocycles. The Morgan fingerprint density at radius 2 is 1.50 bits per heavy atom. The number of aromatic nitrogens is 1. The van der Waals surface area contributed by atoms with Gasteiger partial charge in [-0.1, -0.05) is 36.4 Å². The minimum absolute atomic E-state index is 0.0427. The molecule has 0 atom stereocenters. The molecule has 0 saturated heterocycles. The van der Waals surface area contributed by atoms with E-state index < -0.39 is 5.78 Å². The molecule has 4 N–H and O–H groups in total. The van der Waals surface area contributed by atoms with E-state index in [0.29, 0.717) is 16.6 Å². The molecule has 0 unspecified atom stereocenters. The van der Waals surface area contributed by atoms with Crippen molar-refractivity contribution >= 4 is 28.8 Å². The fourth-order valence-corrected chi connectivity index (χ4v) is 3.10. The number of phenols is 4. The van der Waals surface area contributed by atoms with Crippen LogP contribution < -0.4 is 0 Å². The van der Waals surface area contributed by atoms with Crippen molar-refractivity contribution in [2.75, 3.05) is 0 Å². The Morgan fingerprint density at radius 1 is 0.733 bits per heavy atom. The lowest BCUT2D eigenvalue weighted by Gasteiger charge is -2.08. The Morgan fingerprint density at radius 3 is 2.27 bits per heavy atom. The predicted molar refractivity (Wildman–Crippen MR) is 114 cm³/mol. The van der Waals surface area contributed by atoms with Crippen molar-refractivity contribution in [1.29, 1.82) is 0 Å². The first-order valence-electron chi connectivity index (χ1n) is 9.09. The Labute approximate surface area is 171 Å². The lowest BCUT2D eigenvalue weighted by atomic mass is 9.99. The van der Waals surface area contributed by atoms with Crippen LogP contribution in [0.3, 0.4) is 0 Å². The van der Waals surface area contributed by atoms with Gasteiger partial charge in [0.25, 0.3) is 0 Å². The highest BCUT2D eigenvalue weighted by atomic mass is 16.3. The minimum atomic E-state index is -0.505. The summed E-state index contributed by atoms with van der Waals surface area (Å²) in [6.07, 6.45) is 3.38. The van der Waals surface area contributed by atoms with Crippen molar-refractivity contribution in [1.82, 2.24) is 4.98 Å². The second-order valence-corrected chi connectivity index (χ2v) is 6.70. The molecular weight excluding hydrogens is 382 g/mol. The average Bonchev–Trinajstić information content (AvgIpc) is 2.75. The van der Waals surface area contributed by atoms with E-state index in [4.69, 9.17) is 0 Å². The number of nitrogens with zero attached hydrogens (tertiary/aromatic N) is 1. The summed E-state index contributed by atoms with van der Waals surface area (Å²) >= 11 is 0.